The smallest absolute Gasteiger partial charge is 0.177 e. The summed E-state index contributed by atoms with van der Waals surface area (Å²) in [5, 5.41) is 10.6. The summed E-state index contributed by atoms with van der Waals surface area (Å²) in [7, 11) is 0. The van der Waals surface area contributed by atoms with Crippen molar-refractivity contribution in [3.63, 3.8) is 0 Å². The number of amidine groups is 1. The first-order valence-electron chi connectivity index (χ1n) is 5.96. The predicted molar refractivity (Wildman–Crippen MR) is 81.5 cm³/mol. The lowest BCUT2D eigenvalue weighted by molar-refractivity contribution is 0.308. The summed E-state index contributed by atoms with van der Waals surface area (Å²) in [5.41, 5.74) is 7.79. The molecule has 0 radical (unpaired) electrons. The molecule has 0 atom stereocenters. The Morgan fingerprint density at radius 3 is 2.79 bits per heavy atom. The normalized spacial score (nSPS) is 14.4. The lowest BCUT2D eigenvalue weighted by Crippen LogP contribution is -2.41. The topological polar surface area (TPSA) is 57.5 Å². The monoisotopic (exact) mass is 368 g/mol. The van der Waals surface area contributed by atoms with Crippen molar-refractivity contribution < 1.29 is 0 Å². The molecule has 7 heteroatoms. The zero-order valence-electron chi connectivity index (χ0n) is 10.3. The van der Waals surface area contributed by atoms with Crippen LogP contribution in [0.25, 0.3) is 5.69 Å². The molecule has 1 aromatic heterocycles. The fourth-order valence-electron chi connectivity index (χ4n) is 1.92. The highest BCUT2D eigenvalue weighted by atomic mass is 127. The van der Waals surface area contributed by atoms with E-state index in [-0.39, 0.29) is 0 Å². The minimum atomic E-state index is 0.818. The predicted octanol–water partition coefficient (Wildman–Crippen LogP) is 1.48. The van der Waals surface area contributed by atoms with Gasteiger partial charge in [-0.2, -0.15) is 5.10 Å². The van der Waals surface area contributed by atoms with Crippen molar-refractivity contribution in [1.29, 1.82) is 0 Å². The summed E-state index contributed by atoms with van der Waals surface area (Å²) in [6.07, 6.45) is 1.84. The van der Waals surface area contributed by atoms with Crippen molar-refractivity contribution in [2.45, 2.75) is 6.92 Å². The van der Waals surface area contributed by atoms with Gasteiger partial charge >= 0.3 is 0 Å². The maximum atomic E-state index is 4.45. The van der Waals surface area contributed by atoms with Crippen LogP contribution >= 0.6 is 22.6 Å². The molecule has 2 aromatic rings. The molecule has 2 N–H and O–H groups in total. The van der Waals surface area contributed by atoms with E-state index in [1.165, 1.54) is 0 Å². The second kappa shape index (κ2) is 5.17. The van der Waals surface area contributed by atoms with E-state index in [0.717, 1.165) is 27.3 Å². The number of hydrazine groups is 2. The average Bonchev–Trinajstić information content (AvgIpc) is 3.05. The Bertz CT molecular complexity index is 606. The molecule has 0 saturated heterocycles. The fraction of sp³-hybridized carbons (Fsp3) is 0.167. The van der Waals surface area contributed by atoms with Gasteiger partial charge in [-0.05, 0) is 41.6 Å². The van der Waals surface area contributed by atoms with E-state index in [0.29, 0.717) is 0 Å². The molecule has 0 aliphatic carbocycles. The molecule has 2 heterocycles. The van der Waals surface area contributed by atoms with Gasteiger partial charge in [-0.1, -0.05) is 18.2 Å². The Morgan fingerprint density at radius 1 is 1.26 bits per heavy atom. The van der Waals surface area contributed by atoms with Gasteiger partial charge in [0.15, 0.2) is 5.84 Å². The van der Waals surface area contributed by atoms with E-state index in [1.54, 1.807) is 0 Å². The van der Waals surface area contributed by atoms with Crippen molar-refractivity contribution >= 4 is 28.4 Å². The van der Waals surface area contributed by atoms with Crippen molar-refractivity contribution in [3.8, 4) is 5.69 Å². The molecule has 1 aliphatic rings. The van der Waals surface area contributed by atoms with Crippen LogP contribution in [0, 0.1) is 3.70 Å². The van der Waals surface area contributed by atoms with Gasteiger partial charge in [0.25, 0.3) is 0 Å². The Labute approximate surface area is 124 Å². The summed E-state index contributed by atoms with van der Waals surface area (Å²) >= 11 is 2.29. The number of hydrogen-bond donors (Lipinski definition) is 2. The van der Waals surface area contributed by atoms with Crippen LogP contribution in [0.1, 0.15) is 12.5 Å². The van der Waals surface area contributed by atoms with E-state index in [1.807, 2.05) is 46.2 Å². The number of nitrogens with one attached hydrogen (secondary N) is 2. The number of hydrogen-bond acceptors (Lipinski definition) is 5. The van der Waals surface area contributed by atoms with Crippen molar-refractivity contribution in [3.05, 3.63) is 45.8 Å². The third-order valence-corrected chi connectivity index (χ3v) is 3.91. The van der Waals surface area contributed by atoms with Gasteiger partial charge in [0.05, 0.1) is 17.4 Å². The van der Waals surface area contributed by atoms with Gasteiger partial charge in [-0.25, -0.2) is 10.2 Å². The number of nitrogens with zero attached hydrogens (tertiary/aromatic N) is 4. The molecule has 0 bridgehead atoms. The summed E-state index contributed by atoms with van der Waals surface area (Å²) < 4.78 is 2.94. The van der Waals surface area contributed by atoms with Gasteiger partial charge in [0, 0.05) is 6.54 Å². The van der Waals surface area contributed by atoms with E-state index in [2.05, 4.69) is 50.8 Å². The third kappa shape index (κ3) is 2.19. The number of halogens is 1. The summed E-state index contributed by atoms with van der Waals surface area (Å²) in [6, 6.07) is 10.1. The Balaban J connectivity index is 2.00. The number of rotatable bonds is 3. The molecule has 0 spiro atoms. The van der Waals surface area contributed by atoms with Gasteiger partial charge in [-0.15, -0.1) is 10.6 Å². The second-order valence-corrected chi connectivity index (χ2v) is 5.02. The maximum absolute atomic E-state index is 4.45. The van der Waals surface area contributed by atoms with Gasteiger partial charge in [-0.3, -0.25) is 5.01 Å². The quantitative estimate of drug-likeness (QED) is 0.807. The van der Waals surface area contributed by atoms with Crippen LogP contribution in [0.2, 0.25) is 0 Å². The lowest BCUT2D eigenvalue weighted by Gasteiger charge is -2.15. The summed E-state index contributed by atoms with van der Waals surface area (Å²) in [6.45, 7) is 2.88. The second-order valence-electron chi connectivity index (χ2n) is 4.00. The molecular formula is C12H13IN6. The molecule has 19 heavy (non-hydrogen) atoms. The highest BCUT2D eigenvalue weighted by Gasteiger charge is 2.22. The standard InChI is InChI=1S/C12H13IN6/c1-2-18-12(15-16-17-18)10-8-14-19(11(10)13)9-6-4-3-5-7-9/h3-8,16-17H,2H2,1H3. The molecule has 1 aliphatic heterocycles. The summed E-state index contributed by atoms with van der Waals surface area (Å²) in [5.74, 6) is 0.856. The van der Waals surface area contributed by atoms with Crippen LogP contribution in [-0.2, 0) is 0 Å². The van der Waals surface area contributed by atoms with Gasteiger partial charge in [0.2, 0.25) is 0 Å². The molecule has 0 saturated carbocycles. The number of hydrazone groups is 1. The van der Waals surface area contributed by atoms with E-state index in [9.17, 15) is 0 Å². The molecule has 3 rings (SSSR count). The maximum Gasteiger partial charge on any atom is 0.177 e. The molecule has 6 nitrogen and oxygen atoms in total. The lowest BCUT2D eigenvalue weighted by atomic mass is 10.3. The minimum Gasteiger partial charge on any atom is -0.271 e. The van der Waals surface area contributed by atoms with E-state index in [4.69, 9.17) is 0 Å². The van der Waals surface area contributed by atoms with Crippen LogP contribution in [0.5, 0.6) is 0 Å². The highest BCUT2D eigenvalue weighted by Crippen LogP contribution is 2.19. The third-order valence-electron chi connectivity index (χ3n) is 2.87. The Kier molecular flexibility index (Phi) is 3.38. The molecule has 0 fully saturated rings. The molecular weight excluding hydrogens is 355 g/mol. The average molecular weight is 368 g/mol. The number of benzene rings is 1. The van der Waals surface area contributed by atoms with Crippen LogP contribution in [0.15, 0.2) is 41.6 Å². The molecule has 0 amide bonds. The van der Waals surface area contributed by atoms with Crippen LogP contribution in [-0.4, -0.2) is 27.2 Å². The highest BCUT2D eigenvalue weighted by molar-refractivity contribution is 14.1. The van der Waals surface area contributed by atoms with Crippen molar-refractivity contribution in [2.75, 3.05) is 6.54 Å². The van der Waals surface area contributed by atoms with Crippen molar-refractivity contribution in [2.24, 2.45) is 5.10 Å². The summed E-state index contributed by atoms with van der Waals surface area (Å²) in [4.78, 5) is 0. The Hall–Kier alpha value is -1.61. The minimum absolute atomic E-state index is 0.818. The first-order valence-corrected chi connectivity index (χ1v) is 7.04. The van der Waals surface area contributed by atoms with Crippen molar-refractivity contribution in [1.82, 2.24) is 25.9 Å². The van der Waals surface area contributed by atoms with Gasteiger partial charge in [0.1, 0.15) is 3.70 Å². The van der Waals surface area contributed by atoms with Crippen LogP contribution < -0.4 is 11.1 Å². The van der Waals surface area contributed by atoms with Gasteiger partial charge < -0.3 is 0 Å². The zero-order valence-corrected chi connectivity index (χ0v) is 12.5. The fourth-order valence-corrected chi connectivity index (χ4v) is 2.70. The van der Waals surface area contributed by atoms with Crippen LogP contribution in [0.3, 0.4) is 0 Å². The van der Waals surface area contributed by atoms with Crippen LogP contribution in [0.4, 0.5) is 0 Å². The SMILES string of the molecule is CCN1NNN=C1c1cnn(-c2ccccc2)c1I. The molecule has 98 valence electrons. The number of para-hydroxylation sites is 1. The largest absolute Gasteiger partial charge is 0.271 e. The molecule has 1 aromatic carbocycles. The zero-order chi connectivity index (χ0) is 13.2. The molecule has 0 unspecified atom stereocenters. The first kappa shape index (κ1) is 12.4. The van der Waals surface area contributed by atoms with E-state index < -0.39 is 0 Å². The van der Waals surface area contributed by atoms with E-state index >= 15 is 0 Å². The Morgan fingerprint density at radius 2 is 2.05 bits per heavy atom. The number of aromatic nitrogens is 2. The first-order chi connectivity index (χ1) is 9.31.